The summed E-state index contributed by atoms with van der Waals surface area (Å²) >= 11 is 0. The third kappa shape index (κ3) is 4.92. The van der Waals surface area contributed by atoms with Crippen molar-refractivity contribution < 1.29 is 14.9 Å². The summed E-state index contributed by atoms with van der Waals surface area (Å²) in [6.45, 7) is 2.29. The summed E-state index contributed by atoms with van der Waals surface area (Å²) in [5.41, 5.74) is -0.533. The van der Waals surface area contributed by atoms with E-state index in [4.69, 9.17) is 4.74 Å². The van der Waals surface area contributed by atoms with Crippen LogP contribution in [0.1, 0.15) is 38.5 Å². The van der Waals surface area contributed by atoms with Crippen LogP contribution < -0.4 is 5.32 Å². The molecule has 100 valence electrons. The van der Waals surface area contributed by atoms with Crippen LogP contribution in [0.3, 0.4) is 0 Å². The minimum atomic E-state index is -0.533. The first-order chi connectivity index (χ1) is 8.18. The van der Waals surface area contributed by atoms with E-state index in [0.29, 0.717) is 19.7 Å². The van der Waals surface area contributed by atoms with E-state index in [1.807, 2.05) is 0 Å². The molecule has 2 rings (SSSR count). The average Bonchev–Trinajstić information content (AvgIpc) is 3.01. The standard InChI is InChI=1S/C13H25NO3/c15-12(9-17-8-11-3-4-11)7-14-10-13(16)5-1-2-6-13/h11-12,14-16H,1-10H2. The molecule has 0 aromatic heterocycles. The lowest BCUT2D eigenvalue weighted by atomic mass is 10.0. The van der Waals surface area contributed by atoms with Crippen molar-refractivity contribution in [2.75, 3.05) is 26.3 Å². The Morgan fingerprint density at radius 1 is 1.29 bits per heavy atom. The van der Waals surface area contributed by atoms with E-state index in [2.05, 4.69) is 5.32 Å². The van der Waals surface area contributed by atoms with Gasteiger partial charge in [0.2, 0.25) is 0 Å². The molecule has 0 spiro atoms. The van der Waals surface area contributed by atoms with Gasteiger partial charge in [0.05, 0.1) is 18.3 Å². The van der Waals surface area contributed by atoms with Crippen LogP contribution >= 0.6 is 0 Å². The van der Waals surface area contributed by atoms with Crippen LogP contribution in [0.2, 0.25) is 0 Å². The van der Waals surface area contributed by atoms with Gasteiger partial charge in [0.25, 0.3) is 0 Å². The molecule has 4 nitrogen and oxygen atoms in total. The molecule has 0 aromatic carbocycles. The van der Waals surface area contributed by atoms with Gasteiger partial charge in [-0.2, -0.15) is 0 Å². The minimum Gasteiger partial charge on any atom is -0.389 e. The quantitative estimate of drug-likeness (QED) is 0.586. The zero-order valence-corrected chi connectivity index (χ0v) is 10.5. The summed E-state index contributed by atoms with van der Waals surface area (Å²) in [7, 11) is 0. The molecule has 1 unspecified atom stereocenters. The van der Waals surface area contributed by atoms with Gasteiger partial charge >= 0.3 is 0 Å². The molecule has 0 amide bonds. The average molecular weight is 243 g/mol. The monoisotopic (exact) mass is 243 g/mol. The second-order valence-electron chi connectivity index (χ2n) is 5.70. The molecule has 2 aliphatic rings. The van der Waals surface area contributed by atoms with Gasteiger partial charge in [-0.1, -0.05) is 12.8 Å². The molecule has 4 heteroatoms. The van der Waals surface area contributed by atoms with Gasteiger partial charge in [-0.05, 0) is 31.6 Å². The van der Waals surface area contributed by atoms with Crippen molar-refractivity contribution in [3.63, 3.8) is 0 Å². The number of hydrogen-bond acceptors (Lipinski definition) is 4. The fraction of sp³-hybridized carbons (Fsp3) is 1.00. The number of ether oxygens (including phenoxy) is 1. The highest BCUT2D eigenvalue weighted by atomic mass is 16.5. The van der Waals surface area contributed by atoms with E-state index in [0.717, 1.165) is 38.2 Å². The lowest BCUT2D eigenvalue weighted by Crippen LogP contribution is -2.41. The van der Waals surface area contributed by atoms with Crippen molar-refractivity contribution in [2.24, 2.45) is 5.92 Å². The van der Waals surface area contributed by atoms with Crippen LogP contribution in [-0.2, 0) is 4.74 Å². The first kappa shape index (κ1) is 13.3. The van der Waals surface area contributed by atoms with E-state index < -0.39 is 11.7 Å². The van der Waals surface area contributed by atoms with Crippen LogP contribution in [0.25, 0.3) is 0 Å². The molecule has 17 heavy (non-hydrogen) atoms. The molecule has 0 saturated heterocycles. The smallest absolute Gasteiger partial charge is 0.0897 e. The first-order valence-corrected chi connectivity index (χ1v) is 6.87. The van der Waals surface area contributed by atoms with Crippen molar-refractivity contribution in [1.82, 2.24) is 5.32 Å². The van der Waals surface area contributed by atoms with Crippen LogP contribution in [0.4, 0.5) is 0 Å². The molecule has 2 saturated carbocycles. The predicted octanol–water partition coefficient (Wildman–Crippen LogP) is 0.669. The second-order valence-corrected chi connectivity index (χ2v) is 5.70. The van der Waals surface area contributed by atoms with Crippen molar-refractivity contribution >= 4 is 0 Å². The van der Waals surface area contributed by atoms with Gasteiger partial charge in [-0.15, -0.1) is 0 Å². The summed E-state index contributed by atoms with van der Waals surface area (Å²) in [4.78, 5) is 0. The normalized spacial score (nSPS) is 25.1. The number of aliphatic hydroxyl groups excluding tert-OH is 1. The number of rotatable bonds is 8. The Balaban J connectivity index is 1.48. The zero-order valence-electron chi connectivity index (χ0n) is 10.5. The summed E-state index contributed by atoms with van der Waals surface area (Å²) in [6, 6.07) is 0. The maximum absolute atomic E-state index is 10.1. The van der Waals surface area contributed by atoms with Crippen molar-refractivity contribution in [3.8, 4) is 0 Å². The molecule has 0 radical (unpaired) electrons. The number of hydrogen-bond donors (Lipinski definition) is 3. The summed E-state index contributed by atoms with van der Waals surface area (Å²) in [5, 5.41) is 22.9. The summed E-state index contributed by atoms with van der Waals surface area (Å²) in [6.07, 6.45) is 6.10. The molecule has 0 aromatic rings. The fourth-order valence-electron chi connectivity index (χ4n) is 2.40. The van der Waals surface area contributed by atoms with Crippen LogP contribution in [0.5, 0.6) is 0 Å². The molecular weight excluding hydrogens is 218 g/mol. The van der Waals surface area contributed by atoms with Gasteiger partial charge in [-0.3, -0.25) is 0 Å². The fourth-order valence-corrected chi connectivity index (χ4v) is 2.40. The van der Waals surface area contributed by atoms with Crippen LogP contribution in [0, 0.1) is 5.92 Å². The Kier molecular flexibility index (Phi) is 4.79. The minimum absolute atomic E-state index is 0.405. The zero-order chi connectivity index (χ0) is 12.1. The van der Waals surface area contributed by atoms with Gasteiger partial charge in [0.1, 0.15) is 0 Å². The van der Waals surface area contributed by atoms with Crippen molar-refractivity contribution in [2.45, 2.75) is 50.2 Å². The van der Waals surface area contributed by atoms with E-state index in [1.165, 1.54) is 12.8 Å². The van der Waals surface area contributed by atoms with Crippen molar-refractivity contribution in [3.05, 3.63) is 0 Å². The Morgan fingerprint density at radius 3 is 2.65 bits per heavy atom. The third-order valence-electron chi connectivity index (χ3n) is 3.73. The molecule has 1 atom stereocenters. The topological polar surface area (TPSA) is 61.7 Å². The van der Waals surface area contributed by atoms with Crippen LogP contribution in [0.15, 0.2) is 0 Å². The van der Waals surface area contributed by atoms with Crippen LogP contribution in [-0.4, -0.2) is 48.2 Å². The molecule has 3 N–H and O–H groups in total. The molecule has 0 bridgehead atoms. The highest BCUT2D eigenvalue weighted by Gasteiger charge is 2.30. The maximum Gasteiger partial charge on any atom is 0.0897 e. The Labute approximate surface area is 103 Å². The number of aliphatic hydroxyl groups is 2. The third-order valence-corrected chi connectivity index (χ3v) is 3.73. The number of nitrogens with one attached hydrogen (secondary N) is 1. The van der Waals surface area contributed by atoms with E-state index >= 15 is 0 Å². The molecule has 0 aliphatic heterocycles. The van der Waals surface area contributed by atoms with Gasteiger partial charge < -0.3 is 20.3 Å². The second kappa shape index (κ2) is 6.14. The highest BCUT2D eigenvalue weighted by Crippen LogP contribution is 2.29. The lowest BCUT2D eigenvalue weighted by Gasteiger charge is -2.23. The predicted molar refractivity (Wildman–Crippen MR) is 65.8 cm³/mol. The van der Waals surface area contributed by atoms with E-state index in [9.17, 15) is 10.2 Å². The Bertz CT molecular complexity index is 225. The largest absolute Gasteiger partial charge is 0.389 e. The molecular formula is C13H25NO3. The van der Waals surface area contributed by atoms with E-state index in [1.54, 1.807) is 0 Å². The SMILES string of the molecule is OC(CNCC1(O)CCCC1)COCC1CC1. The van der Waals surface area contributed by atoms with E-state index in [-0.39, 0.29) is 0 Å². The molecule has 2 fully saturated rings. The molecule has 0 heterocycles. The van der Waals surface area contributed by atoms with Gasteiger partial charge in [-0.25, -0.2) is 0 Å². The van der Waals surface area contributed by atoms with Crippen molar-refractivity contribution in [1.29, 1.82) is 0 Å². The highest BCUT2D eigenvalue weighted by molar-refractivity contribution is 4.86. The van der Waals surface area contributed by atoms with Gasteiger partial charge in [0, 0.05) is 19.7 Å². The van der Waals surface area contributed by atoms with Gasteiger partial charge in [0.15, 0.2) is 0 Å². The maximum atomic E-state index is 10.1. The lowest BCUT2D eigenvalue weighted by molar-refractivity contribution is 0.0206. The Morgan fingerprint density at radius 2 is 2.00 bits per heavy atom. The summed E-state index contributed by atoms with van der Waals surface area (Å²) < 4.78 is 5.41. The summed E-state index contributed by atoms with van der Waals surface area (Å²) in [5.74, 6) is 0.745. The molecule has 2 aliphatic carbocycles. The Hall–Kier alpha value is -0.160. The first-order valence-electron chi connectivity index (χ1n) is 6.87.